The van der Waals surface area contributed by atoms with E-state index in [9.17, 15) is 0 Å². The lowest BCUT2D eigenvalue weighted by Gasteiger charge is -2.46. The van der Waals surface area contributed by atoms with Crippen LogP contribution in [0.3, 0.4) is 0 Å². The number of benzene rings is 5. The molecule has 0 fully saturated rings. The summed E-state index contributed by atoms with van der Waals surface area (Å²) in [5, 5.41) is 4.29. The van der Waals surface area contributed by atoms with Crippen LogP contribution in [0.5, 0.6) is 5.75 Å². The number of rotatable bonds is 5. The minimum atomic E-state index is -0.789. The molecule has 2 heteroatoms. The van der Waals surface area contributed by atoms with E-state index in [0.717, 1.165) is 5.75 Å². The lowest BCUT2D eigenvalue weighted by atomic mass is 9.63. The highest BCUT2D eigenvalue weighted by molar-refractivity contribution is 7.77. The zero-order valence-electron chi connectivity index (χ0n) is 20.7. The highest BCUT2D eigenvalue weighted by Gasteiger charge is 2.46. The lowest BCUT2D eigenvalue weighted by Crippen LogP contribution is -2.30. The predicted octanol–water partition coefficient (Wildman–Crippen LogP) is 7.83. The van der Waals surface area contributed by atoms with Crippen molar-refractivity contribution in [3.05, 3.63) is 167 Å². The molecule has 8 rings (SSSR count). The molecule has 0 aliphatic heterocycles. The number of para-hydroxylation sites is 1. The van der Waals surface area contributed by atoms with Crippen LogP contribution in [0.1, 0.15) is 39.7 Å². The fourth-order valence-electron chi connectivity index (χ4n) is 6.31. The molecule has 37 heavy (non-hydrogen) atoms. The Kier molecular flexibility index (Phi) is 5.53. The van der Waals surface area contributed by atoms with Gasteiger partial charge in [0.05, 0.1) is 7.11 Å². The van der Waals surface area contributed by atoms with Crippen molar-refractivity contribution in [1.82, 2.24) is 0 Å². The molecule has 0 saturated carbocycles. The molecule has 0 N–H and O–H groups in total. The first-order chi connectivity index (χ1) is 18.4. The van der Waals surface area contributed by atoms with E-state index >= 15 is 0 Å². The summed E-state index contributed by atoms with van der Waals surface area (Å²) in [5.41, 5.74) is 8.36. The summed E-state index contributed by atoms with van der Waals surface area (Å²) >= 11 is 0. The van der Waals surface area contributed by atoms with Crippen LogP contribution in [0.25, 0.3) is 5.57 Å². The molecule has 1 nitrogen and oxygen atoms in total. The van der Waals surface area contributed by atoms with Gasteiger partial charge in [0, 0.05) is 17.4 Å². The molecule has 5 aromatic rings. The van der Waals surface area contributed by atoms with Crippen LogP contribution in [0.15, 0.2) is 139 Å². The van der Waals surface area contributed by atoms with Crippen LogP contribution < -0.4 is 15.3 Å². The summed E-state index contributed by atoms with van der Waals surface area (Å²) < 4.78 is 5.99. The standard InChI is InChI=1S/C35H27OP/c1-36-31-23-13-12-22-30(31)34-32-26-18-8-10-20-28(26)33(29-21-11-9-19-27(29)32)35(34)37(24-14-4-2-5-15-24)25-16-6-3-7-17-25/h2-23,32-33H,1H3. The maximum atomic E-state index is 5.99. The van der Waals surface area contributed by atoms with Crippen molar-refractivity contribution in [1.29, 1.82) is 0 Å². The first-order valence-corrected chi connectivity index (χ1v) is 14.2. The molecule has 0 aromatic heterocycles. The molecule has 0 radical (unpaired) electrons. The molecule has 2 bridgehead atoms. The van der Waals surface area contributed by atoms with Gasteiger partial charge in [0.25, 0.3) is 0 Å². The molecule has 0 atom stereocenters. The Bertz CT molecular complexity index is 1530. The van der Waals surface area contributed by atoms with Crippen LogP contribution in [-0.2, 0) is 0 Å². The van der Waals surface area contributed by atoms with E-state index in [1.54, 1.807) is 7.11 Å². The van der Waals surface area contributed by atoms with Crippen LogP contribution in [-0.4, -0.2) is 7.11 Å². The molecule has 0 amide bonds. The molecule has 3 aliphatic carbocycles. The Morgan fingerprint density at radius 2 is 0.919 bits per heavy atom. The number of hydrogen-bond donors (Lipinski definition) is 0. The lowest BCUT2D eigenvalue weighted by molar-refractivity contribution is 0.413. The van der Waals surface area contributed by atoms with Gasteiger partial charge in [0.1, 0.15) is 5.75 Å². The highest BCUT2D eigenvalue weighted by atomic mass is 31.1. The van der Waals surface area contributed by atoms with Crippen LogP contribution in [0.4, 0.5) is 0 Å². The average molecular weight is 495 g/mol. The van der Waals surface area contributed by atoms with Crippen molar-refractivity contribution in [2.75, 3.05) is 7.11 Å². The van der Waals surface area contributed by atoms with Crippen LogP contribution in [0, 0.1) is 0 Å². The van der Waals surface area contributed by atoms with Gasteiger partial charge in [-0.1, -0.05) is 127 Å². The summed E-state index contributed by atoms with van der Waals surface area (Å²) in [4.78, 5) is 0. The van der Waals surface area contributed by atoms with Crippen molar-refractivity contribution in [2.45, 2.75) is 11.8 Å². The fourth-order valence-corrected chi connectivity index (χ4v) is 9.13. The third-order valence-electron chi connectivity index (χ3n) is 7.74. The summed E-state index contributed by atoms with van der Waals surface area (Å²) in [6.07, 6.45) is 0. The van der Waals surface area contributed by atoms with Gasteiger partial charge in [-0.05, 0) is 57.7 Å². The second-order valence-electron chi connectivity index (χ2n) is 9.63. The smallest absolute Gasteiger partial charge is 0.126 e. The van der Waals surface area contributed by atoms with Crippen molar-refractivity contribution in [2.24, 2.45) is 0 Å². The summed E-state index contributed by atoms with van der Waals surface area (Å²) in [5.74, 6) is 1.30. The highest BCUT2D eigenvalue weighted by Crippen LogP contribution is 2.66. The SMILES string of the molecule is COc1ccccc1C1=C(P(c2ccccc2)c2ccccc2)C2c3ccccc3C1c1ccccc12. The average Bonchev–Trinajstić information content (AvgIpc) is 2.98. The Hall–Kier alpha value is -3.93. The quantitative estimate of drug-likeness (QED) is 0.226. The van der Waals surface area contributed by atoms with Crippen molar-refractivity contribution in [3.63, 3.8) is 0 Å². The van der Waals surface area contributed by atoms with E-state index in [-0.39, 0.29) is 11.8 Å². The van der Waals surface area contributed by atoms with E-state index in [1.807, 2.05) is 0 Å². The van der Waals surface area contributed by atoms with Crippen molar-refractivity contribution < 1.29 is 4.74 Å². The maximum absolute atomic E-state index is 5.99. The van der Waals surface area contributed by atoms with E-state index in [0.29, 0.717) is 0 Å². The van der Waals surface area contributed by atoms with E-state index in [4.69, 9.17) is 4.74 Å². The fraction of sp³-hybridized carbons (Fsp3) is 0.0857. The molecule has 0 saturated heterocycles. The van der Waals surface area contributed by atoms with E-state index < -0.39 is 7.92 Å². The number of ether oxygens (including phenoxy) is 1. The predicted molar refractivity (Wildman–Crippen MR) is 156 cm³/mol. The second-order valence-corrected chi connectivity index (χ2v) is 11.8. The first kappa shape index (κ1) is 22.3. The Morgan fingerprint density at radius 1 is 0.486 bits per heavy atom. The van der Waals surface area contributed by atoms with E-state index in [2.05, 4.69) is 133 Å². The summed E-state index contributed by atoms with van der Waals surface area (Å²) in [7, 11) is 1.00. The maximum Gasteiger partial charge on any atom is 0.126 e. The topological polar surface area (TPSA) is 9.23 Å². The van der Waals surface area contributed by atoms with Gasteiger partial charge in [-0.3, -0.25) is 0 Å². The van der Waals surface area contributed by atoms with Gasteiger partial charge < -0.3 is 4.74 Å². The molecule has 0 unspecified atom stereocenters. The molecular weight excluding hydrogens is 467 g/mol. The number of methoxy groups -OCH3 is 1. The van der Waals surface area contributed by atoms with Gasteiger partial charge in [-0.25, -0.2) is 0 Å². The van der Waals surface area contributed by atoms with Gasteiger partial charge in [-0.15, -0.1) is 0 Å². The Balaban J connectivity index is 1.63. The molecule has 5 aromatic carbocycles. The molecule has 178 valence electrons. The number of allylic oxidation sites excluding steroid dienone is 2. The molecule has 0 heterocycles. The zero-order valence-corrected chi connectivity index (χ0v) is 21.6. The molecule has 0 spiro atoms. The van der Waals surface area contributed by atoms with Crippen molar-refractivity contribution in [3.8, 4) is 5.75 Å². The second kappa shape index (κ2) is 9.18. The first-order valence-electron chi connectivity index (χ1n) is 12.8. The summed E-state index contributed by atoms with van der Waals surface area (Å²) in [6.45, 7) is 0. The van der Waals surface area contributed by atoms with Gasteiger partial charge >= 0.3 is 0 Å². The third kappa shape index (κ3) is 3.50. The molecular formula is C35H27OP. The largest absolute Gasteiger partial charge is 0.496 e. The van der Waals surface area contributed by atoms with Gasteiger partial charge in [0.15, 0.2) is 0 Å². The normalized spacial score (nSPS) is 17.5. The molecule has 3 aliphatic rings. The monoisotopic (exact) mass is 494 g/mol. The number of hydrogen-bond acceptors (Lipinski definition) is 1. The Morgan fingerprint density at radius 3 is 1.43 bits per heavy atom. The van der Waals surface area contributed by atoms with Gasteiger partial charge in [0.2, 0.25) is 0 Å². The summed E-state index contributed by atoms with van der Waals surface area (Å²) in [6, 6.07) is 49.0. The minimum Gasteiger partial charge on any atom is -0.496 e. The van der Waals surface area contributed by atoms with Crippen molar-refractivity contribution >= 4 is 24.1 Å². The van der Waals surface area contributed by atoms with E-state index in [1.165, 1.54) is 49.3 Å². The van der Waals surface area contributed by atoms with Gasteiger partial charge in [-0.2, -0.15) is 0 Å². The third-order valence-corrected chi connectivity index (χ3v) is 10.4. The zero-order chi connectivity index (χ0) is 24.8. The Labute approximate surface area is 219 Å². The van der Waals surface area contributed by atoms with Crippen LogP contribution >= 0.6 is 7.92 Å². The minimum absolute atomic E-state index is 0.168. The van der Waals surface area contributed by atoms with Crippen LogP contribution in [0.2, 0.25) is 0 Å².